The zero-order valence-corrected chi connectivity index (χ0v) is 8.96. The smallest absolute Gasteiger partial charge is 0.390 e. The lowest BCUT2D eigenvalue weighted by atomic mass is 10.0. The Labute approximate surface area is 86.4 Å². The van der Waals surface area contributed by atoms with E-state index in [0.717, 1.165) is 0 Å². The van der Waals surface area contributed by atoms with Crippen LogP contribution in [-0.2, 0) is 9.09 Å². The van der Waals surface area contributed by atoms with Gasteiger partial charge in [0, 0.05) is 17.8 Å². The molecule has 2 unspecified atom stereocenters. The third-order valence-electron chi connectivity index (χ3n) is 2.00. The molecule has 1 rings (SSSR count). The number of aromatic nitrogens is 2. The number of aliphatic hydroxyl groups excluding tert-OH is 1. The van der Waals surface area contributed by atoms with Crippen LogP contribution in [0, 0.1) is 0 Å². The molecule has 1 aromatic heterocycles. The molecule has 4 N–H and O–H groups in total. The molecule has 15 heavy (non-hydrogen) atoms. The van der Waals surface area contributed by atoms with E-state index in [0.29, 0.717) is 5.69 Å². The summed E-state index contributed by atoms with van der Waals surface area (Å²) >= 11 is 0. The van der Waals surface area contributed by atoms with E-state index in [9.17, 15) is 9.67 Å². The van der Waals surface area contributed by atoms with Crippen LogP contribution in [0.3, 0.4) is 0 Å². The quantitative estimate of drug-likeness (QED) is 0.534. The molecule has 0 saturated heterocycles. The van der Waals surface area contributed by atoms with Gasteiger partial charge in [0.15, 0.2) is 0 Å². The average molecular weight is 236 g/mol. The van der Waals surface area contributed by atoms with Gasteiger partial charge < -0.3 is 19.9 Å². The summed E-state index contributed by atoms with van der Waals surface area (Å²) in [6.07, 6.45) is 1.99. The number of hydrogen-bond donors (Lipinski definition) is 4. The first-order valence-corrected chi connectivity index (χ1v) is 5.79. The number of aliphatic hydroxyl groups is 1. The standard InChI is InChI=1S/C7H13N2O5P/c1-5(6-2-8-4-9-6)7(10)3-14-15(11,12)13/h2,4-5,7,10H,3H2,1H3,(H,8,9)(H2,11,12,13). The van der Waals surface area contributed by atoms with Gasteiger partial charge in [-0.2, -0.15) is 0 Å². The number of phosphoric acid groups is 1. The van der Waals surface area contributed by atoms with Crippen LogP contribution in [-0.4, -0.2) is 37.6 Å². The van der Waals surface area contributed by atoms with Gasteiger partial charge in [-0.1, -0.05) is 6.92 Å². The van der Waals surface area contributed by atoms with Gasteiger partial charge in [-0.25, -0.2) is 9.55 Å². The maximum absolute atomic E-state index is 10.4. The van der Waals surface area contributed by atoms with Gasteiger partial charge in [0.1, 0.15) is 0 Å². The minimum Gasteiger partial charge on any atom is -0.390 e. The van der Waals surface area contributed by atoms with Crippen molar-refractivity contribution in [3.8, 4) is 0 Å². The second-order valence-electron chi connectivity index (χ2n) is 3.15. The number of H-pyrrole nitrogens is 1. The lowest BCUT2D eigenvalue weighted by Gasteiger charge is -2.17. The Kier molecular flexibility index (Phi) is 4.01. The Hall–Kier alpha value is -0.720. The molecule has 0 aromatic carbocycles. The molecule has 2 atom stereocenters. The molecule has 0 saturated carbocycles. The summed E-state index contributed by atoms with van der Waals surface area (Å²) in [6.45, 7) is 1.27. The third kappa shape index (κ3) is 4.11. The van der Waals surface area contributed by atoms with E-state index in [1.807, 2.05) is 0 Å². The molecule has 1 heterocycles. The molecule has 0 amide bonds. The zero-order valence-electron chi connectivity index (χ0n) is 8.07. The van der Waals surface area contributed by atoms with Crippen LogP contribution in [0.25, 0.3) is 0 Å². The molecule has 7 nitrogen and oxygen atoms in total. The molecule has 86 valence electrons. The highest BCUT2D eigenvalue weighted by Crippen LogP contribution is 2.36. The van der Waals surface area contributed by atoms with Gasteiger partial charge in [-0.3, -0.25) is 4.52 Å². The van der Waals surface area contributed by atoms with Crippen LogP contribution in [0.1, 0.15) is 18.5 Å². The number of imidazole rings is 1. The number of phosphoric ester groups is 1. The summed E-state index contributed by atoms with van der Waals surface area (Å²) in [4.78, 5) is 23.4. The number of rotatable bonds is 5. The van der Waals surface area contributed by atoms with Crippen molar-refractivity contribution in [3.05, 3.63) is 18.2 Å². The number of aromatic amines is 1. The SMILES string of the molecule is CC(c1cnc[nH]1)C(O)COP(=O)(O)O. The normalized spacial score (nSPS) is 16.3. The maximum Gasteiger partial charge on any atom is 0.469 e. The van der Waals surface area contributed by atoms with E-state index >= 15 is 0 Å². The Morgan fingerprint density at radius 2 is 2.33 bits per heavy atom. The van der Waals surface area contributed by atoms with Gasteiger partial charge in [0.2, 0.25) is 0 Å². The van der Waals surface area contributed by atoms with E-state index in [2.05, 4.69) is 14.5 Å². The van der Waals surface area contributed by atoms with E-state index < -0.39 is 20.5 Å². The van der Waals surface area contributed by atoms with Gasteiger partial charge in [-0.05, 0) is 0 Å². The Bertz CT molecular complexity index is 335. The second-order valence-corrected chi connectivity index (χ2v) is 4.39. The summed E-state index contributed by atoms with van der Waals surface area (Å²) in [7, 11) is -4.52. The summed E-state index contributed by atoms with van der Waals surface area (Å²) in [5, 5.41) is 9.54. The zero-order chi connectivity index (χ0) is 11.5. The van der Waals surface area contributed by atoms with Gasteiger partial charge >= 0.3 is 7.82 Å². The highest BCUT2D eigenvalue weighted by atomic mass is 31.2. The van der Waals surface area contributed by atoms with Gasteiger partial charge in [-0.15, -0.1) is 0 Å². The lowest BCUT2D eigenvalue weighted by molar-refractivity contribution is 0.0691. The number of nitrogens with zero attached hydrogens (tertiary/aromatic N) is 1. The van der Waals surface area contributed by atoms with Crippen LogP contribution in [0.15, 0.2) is 12.5 Å². The first-order chi connectivity index (χ1) is 6.90. The fourth-order valence-corrected chi connectivity index (χ4v) is 1.39. The topological polar surface area (TPSA) is 116 Å². The predicted molar refractivity (Wildman–Crippen MR) is 51.0 cm³/mol. The number of hydrogen-bond acceptors (Lipinski definition) is 4. The predicted octanol–water partition coefficient (Wildman–Crippen LogP) is -0.0166. The molecule has 0 radical (unpaired) electrons. The van der Waals surface area contributed by atoms with Crippen LogP contribution in [0.2, 0.25) is 0 Å². The van der Waals surface area contributed by atoms with Crippen LogP contribution in [0.5, 0.6) is 0 Å². The van der Waals surface area contributed by atoms with Crippen molar-refractivity contribution < 1.29 is 24.0 Å². The van der Waals surface area contributed by atoms with Crippen molar-refractivity contribution in [2.75, 3.05) is 6.61 Å². The minimum atomic E-state index is -4.52. The van der Waals surface area contributed by atoms with Crippen molar-refractivity contribution in [2.45, 2.75) is 18.9 Å². The molecular formula is C7H13N2O5P. The second kappa shape index (κ2) is 4.87. The van der Waals surface area contributed by atoms with E-state index in [1.54, 1.807) is 6.92 Å². The summed E-state index contributed by atoms with van der Waals surface area (Å²) in [6, 6.07) is 0. The lowest BCUT2D eigenvalue weighted by Crippen LogP contribution is -2.21. The highest BCUT2D eigenvalue weighted by Gasteiger charge is 2.22. The van der Waals surface area contributed by atoms with Crippen molar-refractivity contribution in [3.63, 3.8) is 0 Å². The first kappa shape index (κ1) is 12.4. The Morgan fingerprint density at radius 1 is 1.67 bits per heavy atom. The molecule has 0 aliphatic heterocycles. The maximum atomic E-state index is 10.4. The van der Waals surface area contributed by atoms with E-state index in [-0.39, 0.29) is 5.92 Å². The van der Waals surface area contributed by atoms with Crippen molar-refractivity contribution in [1.82, 2.24) is 9.97 Å². The molecule has 0 spiro atoms. The Balaban J connectivity index is 2.47. The number of nitrogens with one attached hydrogen (secondary N) is 1. The van der Waals surface area contributed by atoms with Crippen molar-refractivity contribution in [2.24, 2.45) is 0 Å². The summed E-state index contributed by atoms with van der Waals surface area (Å²) in [5.41, 5.74) is 0.678. The van der Waals surface area contributed by atoms with Gasteiger partial charge in [0.25, 0.3) is 0 Å². The molecule has 0 fully saturated rings. The fraction of sp³-hybridized carbons (Fsp3) is 0.571. The van der Waals surface area contributed by atoms with Crippen LogP contribution < -0.4 is 0 Å². The third-order valence-corrected chi connectivity index (χ3v) is 2.49. The molecule has 0 bridgehead atoms. The molecule has 8 heteroatoms. The van der Waals surface area contributed by atoms with Crippen LogP contribution in [0.4, 0.5) is 0 Å². The minimum absolute atomic E-state index is 0.334. The monoisotopic (exact) mass is 236 g/mol. The average Bonchev–Trinajstić information content (AvgIpc) is 2.64. The molecule has 0 aliphatic rings. The van der Waals surface area contributed by atoms with Crippen LogP contribution >= 0.6 is 7.82 Å². The van der Waals surface area contributed by atoms with Crippen molar-refractivity contribution >= 4 is 7.82 Å². The van der Waals surface area contributed by atoms with Gasteiger partial charge in [0.05, 0.1) is 19.0 Å². The van der Waals surface area contributed by atoms with E-state index in [4.69, 9.17) is 9.79 Å². The molecule has 0 aliphatic carbocycles. The molecular weight excluding hydrogens is 223 g/mol. The highest BCUT2D eigenvalue weighted by molar-refractivity contribution is 7.46. The van der Waals surface area contributed by atoms with E-state index in [1.165, 1.54) is 12.5 Å². The van der Waals surface area contributed by atoms with Crippen molar-refractivity contribution in [1.29, 1.82) is 0 Å². The molecule has 1 aromatic rings. The largest absolute Gasteiger partial charge is 0.469 e. The summed E-state index contributed by atoms with van der Waals surface area (Å²) in [5.74, 6) is -0.334. The first-order valence-electron chi connectivity index (χ1n) is 4.26. The summed E-state index contributed by atoms with van der Waals surface area (Å²) < 4.78 is 14.6. The Morgan fingerprint density at radius 3 is 2.80 bits per heavy atom. The fourth-order valence-electron chi connectivity index (χ4n) is 1.04.